The van der Waals surface area contributed by atoms with Crippen LogP contribution in [0.1, 0.15) is 20.8 Å². The minimum Gasteiger partial charge on any atom is -0.378 e. The molecule has 2 aromatic heterocycles. The Labute approximate surface area is 181 Å². The van der Waals surface area contributed by atoms with Crippen LogP contribution >= 0.6 is 11.3 Å². The van der Waals surface area contributed by atoms with E-state index < -0.39 is 0 Å². The summed E-state index contributed by atoms with van der Waals surface area (Å²) in [4.78, 5) is 44.9. The lowest BCUT2D eigenvalue weighted by molar-refractivity contribution is -0.135. The van der Waals surface area contributed by atoms with Crippen molar-refractivity contribution in [3.63, 3.8) is 0 Å². The third kappa shape index (κ3) is 4.49. The molecule has 4 rings (SSSR count). The van der Waals surface area contributed by atoms with E-state index in [1.807, 2.05) is 0 Å². The largest absolute Gasteiger partial charge is 0.378 e. The molecule has 0 saturated carbocycles. The van der Waals surface area contributed by atoms with Crippen LogP contribution in [0.2, 0.25) is 0 Å². The summed E-state index contributed by atoms with van der Waals surface area (Å²) >= 11 is 1.13. The van der Waals surface area contributed by atoms with Crippen molar-refractivity contribution in [2.45, 2.75) is 20.0 Å². The minimum atomic E-state index is -0.349. The molecule has 1 N–H and O–H groups in total. The molecule has 1 aliphatic rings. The van der Waals surface area contributed by atoms with Gasteiger partial charge in [0, 0.05) is 19.6 Å². The quantitative estimate of drug-likeness (QED) is 0.647. The third-order valence-electron chi connectivity index (χ3n) is 5.16. The zero-order valence-corrected chi connectivity index (χ0v) is 17.7. The number of hydrogen-bond donors (Lipinski definition) is 1. The van der Waals surface area contributed by atoms with Crippen LogP contribution in [0.15, 0.2) is 35.4 Å². The monoisotopic (exact) mass is 444 g/mol. The van der Waals surface area contributed by atoms with Crippen LogP contribution in [0.5, 0.6) is 0 Å². The number of aromatic nitrogens is 2. The number of aryl methyl sites for hydroxylation is 1. The van der Waals surface area contributed by atoms with Gasteiger partial charge in [-0.3, -0.25) is 19.0 Å². The lowest BCUT2D eigenvalue weighted by atomic mass is 10.2. The smallest absolute Gasteiger partial charge is 0.262 e. The van der Waals surface area contributed by atoms with E-state index in [1.54, 1.807) is 24.0 Å². The van der Waals surface area contributed by atoms with Gasteiger partial charge >= 0.3 is 0 Å². The molecule has 0 atom stereocenters. The van der Waals surface area contributed by atoms with Crippen LogP contribution in [0.4, 0.5) is 4.39 Å². The Morgan fingerprint density at radius 2 is 1.94 bits per heavy atom. The molecule has 10 heteroatoms. The summed E-state index contributed by atoms with van der Waals surface area (Å²) in [7, 11) is 0. The first-order chi connectivity index (χ1) is 14.9. The number of morpholine rings is 1. The first kappa shape index (κ1) is 21.1. The van der Waals surface area contributed by atoms with Gasteiger partial charge in [-0.2, -0.15) is 0 Å². The predicted molar refractivity (Wildman–Crippen MR) is 114 cm³/mol. The van der Waals surface area contributed by atoms with Crippen LogP contribution in [0.25, 0.3) is 10.2 Å². The molecule has 3 aromatic rings. The highest BCUT2D eigenvalue weighted by atomic mass is 32.1. The highest BCUT2D eigenvalue weighted by Gasteiger charge is 2.22. The summed E-state index contributed by atoms with van der Waals surface area (Å²) in [5, 5.41) is 3.13. The summed E-state index contributed by atoms with van der Waals surface area (Å²) in [6.45, 7) is 3.79. The Balaban J connectivity index is 1.53. The number of carbonyl (C=O) groups is 2. The number of thiophene rings is 1. The number of rotatable bonds is 5. The first-order valence-electron chi connectivity index (χ1n) is 9.80. The Morgan fingerprint density at radius 3 is 2.65 bits per heavy atom. The molecule has 0 unspecified atom stereocenters. The summed E-state index contributed by atoms with van der Waals surface area (Å²) in [6, 6.07) is 5.85. The number of carbonyl (C=O) groups excluding carboxylic acids is 2. The Morgan fingerprint density at radius 1 is 1.23 bits per heavy atom. The average molecular weight is 444 g/mol. The van der Waals surface area contributed by atoms with Crippen molar-refractivity contribution >= 4 is 33.4 Å². The summed E-state index contributed by atoms with van der Waals surface area (Å²) < 4.78 is 19.5. The molecule has 8 nitrogen and oxygen atoms in total. The Kier molecular flexibility index (Phi) is 6.10. The second kappa shape index (κ2) is 8.94. The van der Waals surface area contributed by atoms with Gasteiger partial charge in [-0.05, 0) is 30.2 Å². The zero-order chi connectivity index (χ0) is 22.0. The van der Waals surface area contributed by atoms with Crippen LogP contribution in [-0.2, 0) is 22.6 Å². The SMILES string of the molecule is Cc1c(C(=O)NCc2ccc(F)cc2)sc2ncn(CC(=O)N3CCOCC3)c(=O)c12. The van der Waals surface area contributed by atoms with E-state index in [-0.39, 0.29) is 36.3 Å². The predicted octanol–water partition coefficient (Wildman–Crippen LogP) is 1.69. The number of nitrogens with one attached hydrogen (secondary N) is 1. The van der Waals surface area contributed by atoms with Crippen LogP contribution in [0.3, 0.4) is 0 Å². The van der Waals surface area contributed by atoms with E-state index in [4.69, 9.17) is 4.74 Å². The van der Waals surface area contributed by atoms with Gasteiger partial charge < -0.3 is 15.0 Å². The molecular formula is C21H21FN4O4S. The maximum Gasteiger partial charge on any atom is 0.262 e. The first-order valence-corrected chi connectivity index (χ1v) is 10.6. The van der Waals surface area contributed by atoms with Crippen molar-refractivity contribution < 1.29 is 18.7 Å². The zero-order valence-electron chi connectivity index (χ0n) is 16.9. The number of fused-ring (bicyclic) bond motifs is 1. The van der Waals surface area contributed by atoms with Crippen LogP contribution in [-0.4, -0.2) is 52.6 Å². The van der Waals surface area contributed by atoms with Gasteiger partial charge in [0.2, 0.25) is 5.91 Å². The fourth-order valence-corrected chi connectivity index (χ4v) is 4.47. The lowest BCUT2D eigenvalue weighted by Gasteiger charge is -2.26. The minimum absolute atomic E-state index is 0.108. The molecule has 3 heterocycles. The van der Waals surface area contributed by atoms with Gasteiger partial charge in [-0.25, -0.2) is 9.37 Å². The normalized spacial score (nSPS) is 14.1. The van der Waals surface area contributed by atoms with Gasteiger partial charge in [0.25, 0.3) is 11.5 Å². The van der Waals surface area contributed by atoms with E-state index in [0.717, 1.165) is 16.9 Å². The maximum atomic E-state index is 13.0. The Bertz CT molecular complexity index is 1180. The molecule has 1 saturated heterocycles. The summed E-state index contributed by atoms with van der Waals surface area (Å²) in [5.74, 6) is -0.846. The van der Waals surface area contributed by atoms with Crippen molar-refractivity contribution in [2.75, 3.05) is 26.3 Å². The molecule has 0 aliphatic carbocycles. The van der Waals surface area contributed by atoms with Crippen molar-refractivity contribution in [3.8, 4) is 0 Å². The number of nitrogens with zero attached hydrogens (tertiary/aromatic N) is 3. The van der Waals surface area contributed by atoms with Crippen molar-refractivity contribution in [1.82, 2.24) is 19.8 Å². The maximum absolute atomic E-state index is 13.0. The van der Waals surface area contributed by atoms with Crippen LogP contribution < -0.4 is 10.9 Å². The molecule has 0 radical (unpaired) electrons. The van der Waals surface area contributed by atoms with E-state index in [2.05, 4.69) is 10.3 Å². The number of ether oxygens (including phenoxy) is 1. The highest BCUT2D eigenvalue weighted by molar-refractivity contribution is 7.20. The number of halogens is 1. The molecule has 0 bridgehead atoms. The van der Waals surface area contributed by atoms with Crippen LogP contribution in [0, 0.1) is 12.7 Å². The highest BCUT2D eigenvalue weighted by Crippen LogP contribution is 2.26. The standard InChI is InChI=1S/C21H21FN4O4S/c1-13-17-20(31-18(13)19(28)23-10-14-2-4-15(22)5-3-14)24-12-26(21(17)29)11-16(27)25-6-8-30-9-7-25/h2-5,12H,6-11H2,1H3,(H,23,28). The van der Waals surface area contributed by atoms with Gasteiger partial charge in [-0.1, -0.05) is 12.1 Å². The van der Waals surface area contributed by atoms with Gasteiger partial charge in [0.15, 0.2) is 0 Å². The second-order valence-electron chi connectivity index (χ2n) is 7.22. The molecule has 1 aromatic carbocycles. The molecule has 1 aliphatic heterocycles. The summed E-state index contributed by atoms with van der Waals surface area (Å²) in [5.41, 5.74) is 0.941. The second-order valence-corrected chi connectivity index (χ2v) is 8.22. The molecular weight excluding hydrogens is 423 g/mol. The number of hydrogen-bond acceptors (Lipinski definition) is 6. The number of amides is 2. The average Bonchev–Trinajstić information content (AvgIpc) is 3.13. The van der Waals surface area contributed by atoms with Gasteiger partial charge in [0.1, 0.15) is 17.2 Å². The third-order valence-corrected chi connectivity index (χ3v) is 6.36. The van der Waals surface area contributed by atoms with Crippen molar-refractivity contribution in [2.24, 2.45) is 0 Å². The molecule has 0 spiro atoms. The fraction of sp³-hybridized carbons (Fsp3) is 0.333. The summed E-state index contributed by atoms with van der Waals surface area (Å²) in [6.07, 6.45) is 1.35. The van der Waals surface area contributed by atoms with E-state index in [0.29, 0.717) is 47.0 Å². The van der Waals surface area contributed by atoms with Crippen molar-refractivity contribution in [1.29, 1.82) is 0 Å². The van der Waals surface area contributed by atoms with E-state index >= 15 is 0 Å². The fourth-order valence-electron chi connectivity index (χ4n) is 3.41. The lowest BCUT2D eigenvalue weighted by Crippen LogP contribution is -2.43. The van der Waals surface area contributed by atoms with E-state index in [9.17, 15) is 18.8 Å². The molecule has 2 amide bonds. The van der Waals surface area contributed by atoms with Gasteiger partial charge in [-0.15, -0.1) is 11.3 Å². The van der Waals surface area contributed by atoms with Gasteiger partial charge in [0.05, 0.1) is 29.8 Å². The molecule has 1 fully saturated rings. The van der Waals surface area contributed by atoms with Crippen molar-refractivity contribution in [3.05, 3.63) is 62.8 Å². The molecule has 162 valence electrons. The topological polar surface area (TPSA) is 93.5 Å². The number of benzene rings is 1. The molecule has 31 heavy (non-hydrogen) atoms. The Hall–Kier alpha value is -3.11. The van der Waals surface area contributed by atoms with E-state index in [1.165, 1.54) is 23.0 Å².